The highest BCUT2D eigenvalue weighted by atomic mass is 16.6. The average Bonchev–Trinajstić information content (AvgIpc) is 3.50. The number of ether oxygens (including phenoxy) is 4. The number of unbranched alkanes of at least 4 members (excludes halogenated alkanes) is 1. The van der Waals surface area contributed by atoms with Gasteiger partial charge in [0.15, 0.2) is 0 Å². The fourth-order valence-corrected chi connectivity index (χ4v) is 5.18. The number of hydrogen-bond donors (Lipinski definition) is 4. The van der Waals surface area contributed by atoms with E-state index in [4.69, 9.17) is 18.9 Å². The average molecular weight is 586 g/mol. The summed E-state index contributed by atoms with van der Waals surface area (Å²) >= 11 is 0. The van der Waals surface area contributed by atoms with E-state index in [-0.39, 0.29) is 27.4 Å². The zero-order chi connectivity index (χ0) is 31.2. The van der Waals surface area contributed by atoms with Gasteiger partial charge in [-0.15, -0.1) is 0 Å². The van der Waals surface area contributed by atoms with Crippen LogP contribution in [-0.2, 0) is 33.3 Å². The highest BCUT2D eigenvalue weighted by molar-refractivity contribution is 5.94. The number of carbonyl (C=O) groups is 5. The van der Waals surface area contributed by atoms with E-state index in [1.807, 2.05) is 0 Å². The predicted molar refractivity (Wildman–Crippen MR) is 148 cm³/mol. The molecule has 0 unspecified atom stereocenters. The van der Waals surface area contributed by atoms with Crippen molar-refractivity contribution in [3.63, 3.8) is 0 Å². The van der Waals surface area contributed by atoms with Crippen LogP contribution in [0.1, 0.15) is 75.6 Å². The van der Waals surface area contributed by atoms with Crippen LogP contribution in [0.3, 0.4) is 0 Å². The molecular weight excluding hydrogens is 538 g/mol. The highest BCUT2D eigenvalue weighted by Crippen LogP contribution is 2.63. The van der Waals surface area contributed by atoms with Crippen LogP contribution in [-0.4, -0.2) is 77.2 Å². The Bertz CT molecular complexity index is 1010. The van der Waals surface area contributed by atoms with Gasteiger partial charge in [-0.1, -0.05) is 6.58 Å². The van der Waals surface area contributed by atoms with Gasteiger partial charge in [0, 0.05) is 26.2 Å². The molecule has 3 amide bonds. The van der Waals surface area contributed by atoms with Crippen LogP contribution < -0.4 is 16.0 Å². The van der Waals surface area contributed by atoms with Gasteiger partial charge in [-0.3, -0.25) is 9.59 Å². The van der Waals surface area contributed by atoms with Gasteiger partial charge in [0.05, 0.1) is 24.9 Å². The van der Waals surface area contributed by atoms with Gasteiger partial charge in [0.25, 0.3) is 0 Å². The number of fused-ring (bicyclic) bond motifs is 1. The van der Waals surface area contributed by atoms with Gasteiger partial charge >= 0.3 is 24.1 Å². The molecule has 4 N–H and O–H groups in total. The van der Waals surface area contributed by atoms with Crippen LogP contribution in [0, 0.1) is 17.8 Å². The van der Waals surface area contributed by atoms with Crippen molar-refractivity contribution in [1.29, 1.82) is 0 Å². The largest absolute Gasteiger partial charge is 0.464 e. The first kappa shape index (κ1) is 33.9. The van der Waals surface area contributed by atoms with Gasteiger partial charge in [-0.2, -0.15) is 0 Å². The minimum absolute atomic E-state index is 0. The molecule has 13 nitrogen and oxygen atoms in total. The van der Waals surface area contributed by atoms with E-state index < -0.39 is 76.7 Å². The molecule has 0 bridgehead atoms. The zero-order valence-electron chi connectivity index (χ0n) is 25.0. The molecular formula is C28H47N3O10. The maximum atomic E-state index is 13.6. The molecule has 0 heterocycles. The second-order valence-electron chi connectivity index (χ2n) is 12.3. The van der Waals surface area contributed by atoms with Crippen molar-refractivity contribution in [2.45, 2.75) is 103 Å². The SMILES string of the molecule is C=COC(=O)[C@H]1[C@H]2[C@@H]1[C@@](NC(=O)[C@H](CCCCNC(=O)OC(C)(C)C)NC(=O)OC(C)(C)C)(C(=O)OCC)C[C@@H]2O.[HH]. The maximum Gasteiger partial charge on any atom is 0.408 e. The predicted octanol–water partition coefficient (Wildman–Crippen LogP) is 2.55. The first-order chi connectivity index (χ1) is 19.0. The Balaban J connectivity index is 0.00000882. The molecule has 41 heavy (non-hydrogen) atoms. The third-order valence-corrected chi connectivity index (χ3v) is 6.67. The van der Waals surface area contributed by atoms with Crippen LogP contribution >= 0.6 is 0 Å². The highest BCUT2D eigenvalue weighted by Gasteiger charge is 2.76. The number of carbonyl (C=O) groups excluding carboxylic acids is 5. The van der Waals surface area contributed by atoms with E-state index >= 15 is 0 Å². The van der Waals surface area contributed by atoms with Crippen molar-refractivity contribution in [3.8, 4) is 0 Å². The Kier molecular flexibility index (Phi) is 11.2. The lowest BCUT2D eigenvalue weighted by atomic mass is 9.88. The molecule has 0 aromatic carbocycles. The maximum absolute atomic E-state index is 13.6. The van der Waals surface area contributed by atoms with Gasteiger partial charge in [-0.25, -0.2) is 14.4 Å². The smallest absolute Gasteiger partial charge is 0.408 e. The molecule has 0 spiro atoms. The minimum atomic E-state index is -1.70. The number of esters is 2. The lowest BCUT2D eigenvalue weighted by Crippen LogP contribution is -2.61. The van der Waals surface area contributed by atoms with Crippen LogP contribution in [0.5, 0.6) is 0 Å². The van der Waals surface area contributed by atoms with Gasteiger partial charge in [-0.05, 0) is 67.7 Å². The van der Waals surface area contributed by atoms with Crippen molar-refractivity contribution >= 4 is 30.0 Å². The van der Waals surface area contributed by atoms with Crippen molar-refractivity contribution in [3.05, 3.63) is 12.8 Å². The van der Waals surface area contributed by atoms with Crippen molar-refractivity contribution in [1.82, 2.24) is 16.0 Å². The fraction of sp³-hybridized carbons (Fsp3) is 0.750. The van der Waals surface area contributed by atoms with Gasteiger partial charge in [0.1, 0.15) is 22.8 Å². The van der Waals surface area contributed by atoms with Crippen molar-refractivity contribution in [2.24, 2.45) is 17.8 Å². The second-order valence-corrected chi connectivity index (χ2v) is 12.3. The number of aliphatic hydroxyl groups excluding tert-OH is 1. The van der Waals surface area contributed by atoms with Crippen LogP contribution in [0.15, 0.2) is 12.8 Å². The number of amides is 3. The number of rotatable bonds is 12. The van der Waals surface area contributed by atoms with E-state index in [9.17, 15) is 29.1 Å². The number of hydrogen-bond acceptors (Lipinski definition) is 10. The molecule has 0 aromatic rings. The number of nitrogens with one attached hydrogen (secondary N) is 3. The lowest BCUT2D eigenvalue weighted by molar-refractivity contribution is -0.156. The molecule has 0 saturated heterocycles. The zero-order valence-corrected chi connectivity index (χ0v) is 25.0. The third-order valence-electron chi connectivity index (χ3n) is 6.67. The van der Waals surface area contributed by atoms with E-state index in [2.05, 4.69) is 22.5 Å². The van der Waals surface area contributed by atoms with Crippen molar-refractivity contribution < 1.29 is 49.5 Å². The van der Waals surface area contributed by atoms with Gasteiger partial charge in [0.2, 0.25) is 5.91 Å². The van der Waals surface area contributed by atoms with Gasteiger partial charge < -0.3 is 40.0 Å². The first-order valence-corrected chi connectivity index (χ1v) is 13.9. The summed E-state index contributed by atoms with van der Waals surface area (Å²) in [5.74, 6) is -4.36. The summed E-state index contributed by atoms with van der Waals surface area (Å²) in [6.45, 7) is 15.5. The Labute approximate surface area is 242 Å². The van der Waals surface area contributed by atoms with E-state index in [0.29, 0.717) is 12.8 Å². The standard InChI is InChI=1S/C28H45N3O10.H2/c1-9-38-22(34)19-18-17(32)15-28(20(18)19,23(35)39-10-2)31-21(33)16(30-25(37)41-27(6,7)8)13-11-12-14-29-24(36)40-26(3,4)5;/h9,16-20,32H,1,10-15H2,2-8H3,(H,29,36)(H,30,37)(H,31,33);1H/t16-,17-,18-,19-,20-,28+;/m0./s1. The van der Waals surface area contributed by atoms with E-state index in [1.54, 1.807) is 48.5 Å². The van der Waals surface area contributed by atoms with Crippen molar-refractivity contribution in [2.75, 3.05) is 13.2 Å². The molecule has 0 radical (unpaired) electrons. The van der Waals surface area contributed by atoms with Crippen LogP contribution in [0.2, 0.25) is 0 Å². The Morgan fingerprint density at radius 3 is 2.22 bits per heavy atom. The number of aliphatic hydroxyl groups is 1. The molecule has 2 aliphatic carbocycles. The third kappa shape index (κ3) is 9.34. The molecule has 2 rings (SSSR count). The molecule has 2 aliphatic rings. The lowest BCUT2D eigenvalue weighted by Gasteiger charge is -2.33. The molecule has 13 heteroatoms. The first-order valence-electron chi connectivity index (χ1n) is 13.9. The molecule has 2 saturated carbocycles. The Morgan fingerprint density at radius 2 is 1.66 bits per heavy atom. The van der Waals surface area contributed by atoms with Crippen LogP contribution in [0.25, 0.3) is 0 Å². The Hall–Kier alpha value is -3.35. The second kappa shape index (κ2) is 13.5. The molecule has 2 fully saturated rings. The molecule has 0 aromatic heterocycles. The molecule has 234 valence electrons. The van der Waals surface area contributed by atoms with E-state index in [0.717, 1.165) is 6.26 Å². The summed E-state index contributed by atoms with van der Waals surface area (Å²) in [5, 5.41) is 18.6. The molecule has 0 aliphatic heterocycles. The fourth-order valence-electron chi connectivity index (χ4n) is 5.18. The summed E-state index contributed by atoms with van der Waals surface area (Å²) in [5.41, 5.74) is -3.17. The summed E-state index contributed by atoms with van der Waals surface area (Å²) in [7, 11) is 0. The monoisotopic (exact) mass is 585 g/mol. The summed E-state index contributed by atoms with van der Waals surface area (Å²) in [6, 6.07) is -1.13. The molecule has 6 atom stereocenters. The normalized spacial score (nSPS) is 25.6. The summed E-state index contributed by atoms with van der Waals surface area (Å²) in [4.78, 5) is 63.8. The Morgan fingerprint density at radius 1 is 1.05 bits per heavy atom. The topological polar surface area (TPSA) is 179 Å². The summed E-state index contributed by atoms with van der Waals surface area (Å²) < 4.78 is 20.7. The quantitative estimate of drug-likeness (QED) is 0.115. The minimum Gasteiger partial charge on any atom is -0.464 e. The van der Waals surface area contributed by atoms with Crippen LogP contribution in [0.4, 0.5) is 9.59 Å². The summed E-state index contributed by atoms with van der Waals surface area (Å²) in [6.07, 6.45) is -0.673. The number of alkyl carbamates (subject to hydrolysis) is 2. The van der Waals surface area contributed by atoms with E-state index in [1.165, 1.54) is 0 Å².